The molecule has 80 valence electrons. The number of sulfonamides is 1. The van der Waals surface area contributed by atoms with Crippen LogP contribution in [-0.2, 0) is 19.6 Å². The lowest BCUT2D eigenvalue weighted by Crippen LogP contribution is -2.34. The average Bonchev–Trinajstić information content (AvgIpc) is 2.30. The zero-order valence-corrected chi connectivity index (χ0v) is 8.03. The van der Waals surface area contributed by atoms with Crippen LogP contribution in [0.25, 0.3) is 0 Å². The van der Waals surface area contributed by atoms with Crippen LogP contribution in [0.5, 0.6) is 0 Å². The second kappa shape index (κ2) is 3.54. The van der Waals surface area contributed by atoms with Crippen molar-refractivity contribution in [2.24, 2.45) is 5.14 Å². The molecule has 1 atom stereocenters. The van der Waals surface area contributed by atoms with E-state index in [1.165, 1.54) is 0 Å². The van der Waals surface area contributed by atoms with Crippen molar-refractivity contribution in [3.05, 3.63) is 0 Å². The highest BCUT2D eigenvalue weighted by molar-refractivity contribution is 7.89. The molecule has 1 rings (SSSR count). The molecular formula is C6H10N2O5S. The minimum Gasteiger partial charge on any atom is -0.480 e. The number of hydrogen-bond donors (Lipinski definition) is 2. The monoisotopic (exact) mass is 222 g/mol. The molecule has 1 heterocycles. The average molecular weight is 222 g/mol. The predicted molar refractivity (Wildman–Crippen MR) is 45.7 cm³/mol. The number of rotatable bonds is 3. The zero-order chi connectivity index (χ0) is 10.9. The van der Waals surface area contributed by atoms with Gasteiger partial charge in [-0.1, -0.05) is 0 Å². The standard InChI is InChI=1S/C6H10N2O5S/c7-14(12,13)4-1-5(9)8(2-4)3-6(10)11/h4H,1-3H2,(H,10,11)(H2,7,12,13). The van der Waals surface area contributed by atoms with Crippen molar-refractivity contribution in [2.75, 3.05) is 13.1 Å². The van der Waals surface area contributed by atoms with Gasteiger partial charge in [0.05, 0.1) is 0 Å². The predicted octanol–water partition coefficient (Wildman–Crippen LogP) is -2.04. The largest absolute Gasteiger partial charge is 0.480 e. The summed E-state index contributed by atoms with van der Waals surface area (Å²) in [6, 6.07) is 0. The van der Waals surface area contributed by atoms with E-state index in [-0.39, 0.29) is 13.0 Å². The Hall–Kier alpha value is -1.15. The minimum absolute atomic E-state index is 0.135. The number of hydrogen-bond acceptors (Lipinski definition) is 4. The van der Waals surface area contributed by atoms with Crippen molar-refractivity contribution in [1.82, 2.24) is 4.90 Å². The maximum atomic E-state index is 11.1. The first-order valence-corrected chi connectivity index (χ1v) is 5.43. The minimum atomic E-state index is -3.76. The molecule has 14 heavy (non-hydrogen) atoms. The number of amides is 1. The number of carbonyl (C=O) groups excluding carboxylic acids is 1. The van der Waals surface area contributed by atoms with Gasteiger partial charge in [0.1, 0.15) is 11.8 Å². The maximum Gasteiger partial charge on any atom is 0.323 e. The van der Waals surface area contributed by atoms with Gasteiger partial charge in [-0.25, -0.2) is 13.6 Å². The molecule has 3 N–H and O–H groups in total. The Balaban J connectivity index is 2.70. The van der Waals surface area contributed by atoms with E-state index in [2.05, 4.69) is 0 Å². The molecule has 1 amide bonds. The smallest absolute Gasteiger partial charge is 0.323 e. The summed E-state index contributed by atoms with van der Waals surface area (Å²) in [5.41, 5.74) is 0. The Morgan fingerprint density at radius 3 is 2.57 bits per heavy atom. The Morgan fingerprint density at radius 2 is 2.21 bits per heavy atom. The molecule has 0 radical (unpaired) electrons. The van der Waals surface area contributed by atoms with Crippen LogP contribution in [0, 0.1) is 0 Å². The van der Waals surface area contributed by atoms with Crippen molar-refractivity contribution in [1.29, 1.82) is 0 Å². The molecule has 0 aromatic rings. The van der Waals surface area contributed by atoms with E-state index < -0.39 is 33.7 Å². The number of carboxylic acid groups (broad SMARTS) is 1. The molecule has 1 unspecified atom stereocenters. The lowest BCUT2D eigenvalue weighted by Gasteiger charge is -2.12. The van der Waals surface area contributed by atoms with Gasteiger partial charge in [0.15, 0.2) is 0 Å². The van der Waals surface area contributed by atoms with E-state index in [1.807, 2.05) is 0 Å². The normalized spacial score (nSPS) is 22.8. The third kappa shape index (κ3) is 2.42. The lowest BCUT2D eigenvalue weighted by atomic mass is 10.4. The van der Waals surface area contributed by atoms with Gasteiger partial charge in [0.25, 0.3) is 0 Å². The van der Waals surface area contributed by atoms with Crippen LogP contribution < -0.4 is 5.14 Å². The summed E-state index contributed by atoms with van der Waals surface area (Å²) in [6.07, 6.45) is -0.230. The fraction of sp³-hybridized carbons (Fsp3) is 0.667. The molecule has 1 aliphatic rings. The fourth-order valence-corrected chi connectivity index (χ4v) is 2.03. The zero-order valence-electron chi connectivity index (χ0n) is 7.21. The Labute approximate surface area is 80.5 Å². The summed E-state index contributed by atoms with van der Waals surface area (Å²) in [7, 11) is -3.76. The van der Waals surface area contributed by atoms with Gasteiger partial charge < -0.3 is 10.0 Å². The SMILES string of the molecule is NS(=O)(=O)C1CC(=O)N(CC(=O)O)C1. The summed E-state index contributed by atoms with van der Waals surface area (Å²) in [5.74, 6) is -1.67. The number of likely N-dealkylation sites (tertiary alicyclic amines) is 1. The topological polar surface area (TPSA) is 118 Å². The second-order valence-electron chi connectivity index (χ2n) is 3.08. The van der Waals surface area contributed by atoms with Crippen LogP contribution in [0.15, 0.2) is 0 Å². The van der Waals surface area contributed by atoms with Gasteiger partial charge in [-0.3, -0.25) is 9.59 Å². The van der Waals surface area contributed by atoms with Crippen molar-refractivity contribution in [2.45, 2.75) is 11.7 Å². The number of nitrogens with zero attached hydrogens (tertiary/aromatic N) is 1. The van der Waals surface area contributed by atoms with Gasteiger partial charge in [0.2, 0.25) is 15.9 Å². The fourth-order valence-electron chi connectivity index (χ4n) is 1.27. The lowest BCUT2D eigenvalue weighted by molar-refractivity contribution is -0.142. The highest BCUT2D eigenvalue weighted by Crippen LogP contribution is 2.15. The van der Waals surface area contributed by atoms with Gasteiger partial charge >= 0.3 is 5.97 Å². The second-order valence-corrected chi connectivity index (χ2v) is 4.93. The summed E-state index contributed by atoms with van der Waals surface area (Å²) in [6.45, 7) is -0.616. The number of aliphatic carboxylic acids is 1. The van der Waals surface area contributed by atoms with Gasteiger partial charge in [0, 0.05) is 13.0 Å². The van der Waals surface area contributed by atoms with Crippen LogP contribution >= 0.6 is 0 Å². The van der Waals surface area contributed by atoms with Crippen molar-refractivity contribution < 1.29 is 23.1 Å². The van der Waals surface area contributed by atoms with E-state index in [9.17, 15) is 18.0 Å². The Morgan fingerprint density at radius 1 is 1.64 bits per heavy atom. The highest BCUT2D eigenvalue weighted by Gasteiger charge is 2.36. The molecule has 0 aromatic carbocycles. The first kappa shape index (κ1) is 10.9. The third-order valence-corrected chi connectivity index (χ3v) is 3.21. The van der Waals surface area contributed by atoms with Crippen molar-refractivity contribution in [3.63, 3.8) is 0 Å². The van der Waals surface area contributed by atoms with E-state index in [4.69, 9.17) is 10.2 Å². The molecule has 0 aliphatic carbocycles. The van der Waals surface area contributed by atoms with E-state index >= 15 is 0 Å². The van der Waals surface area contributed by atoms with Crippen LogP contribution in [-0.4, -0.2) is 48.6 Å². The molecule has 0 saturated carbocycles. The molecule has 1 aliphatic heterocycles. The molecule has 1 fully saturated rings. The number of carboxylic acids is 1. The quantitative estimate of drug-likeness (QED) is 0.570. The van der Waals surface area contributed by atoms with Gasteiger partial charge in [-0.2, -0.15) is 0 Å². The molecule has 7 nitrogen and oxygen atoms in total. The molecule has 8 heteroatoms. The van der Waals surface area contributed by atoms with Crippen LogP contribution in [0.4, 0.5) is 0 Å². The Kier molecular flexibility index (Phi) is 2.76. The van der Waals surface area contributed by atoms with Gasteiger partial charge in [-0.05, 0) is 0 Å². The molecular weight excluding hydrogens is 212 g/mol. The van der Waals surface area contributed by atoms with Crippen LogP contribution in [0.3, 0.4) is 0 Å². The molecule has 0 spiro atoms. The van der Waals surface area contributed by atoms with Crippen molar-refractivity contribution in [3.8, 4) is 0 Å². The number of nitrogens with two attached hydrogens (primary N) is 1. The van der Waals surface area contributed by atoms with Gasteiger partial charge in [-0.15, -0.1) is 0 Å². The van der Waals surface area contributed by atoms with Crippen LogP contribution in [0.1, 0.15) is 6.42 Å². The summed E-state index contributed by atoms with van der Waals surface area (Å²) in [5, 5.41) is 12.3. The summed E-state index contributed by atoms with van der Waals surface area (Å²) < 4.78 is 21.7. The third-order valence-electron chi connectivity index (χ3n) is 1.97. The van der Waals surface area contributed by atoms with Crippen molar-refractivity contribution >= 4 is 21.9 Å². The maximum absolute atomic E-state index is 11.1. The van der Waals surface area contributed by atoms with Crippen LogP contribution in [0.2, 0.25) is 0 Å². The van der Waals surface area contributed by atoms with E-state index in [0.29, 0.717) is 0 Å². The first-order chi connectivity index (χ1) is 6.30. The molecule has 1 saturated heterocycles. The summed E-state index contributed by atoms with van der Waals surface area (Å²) >= 11 is 0. The Bertz CT molecular complexity index is 362. The molecule has 0 bridgehead atoms. The first-order valence-electron chi connectivity index (χ1n) is 3.82. The highest BCUT2D eigenvalue weighted by atomic mass is 32.2. The van der Waals surface area contributed by atoms with E-state index in [0.717, 1.165) is 4.90 Å². The number of primary sulfonamides is 1. The summed E-state index contributed by atoms with van der Waals surface area (Å²) in [4.78, 5) is 22.4. The van der Waals surface area contributed by atoms with E-state index in [1.54, 1.807) is 0 Å². The molecule has 0 aromatic heterocycles. The number of carbonyl (C=O) groups is 2.